The molecule has 1 unspecified atom stereocenters. The predicted octanol–water partition coefficient (Wildman–Crippen LogP) is 4.44. The Morgan fingerprint density at radius 1 is 1.20 bits per heavy atom. The summed E-state index contributed by atoms with van der Waals surface area (Å²) < 4.78 is 5.41. The zero-order valence-electron chi connectivity index (χ0n) is 12.1. The monoisotopic (exact) mass is 269 g/mol. The van der Waals surface area contributed by atoms with Gasteiger partial charge >= 0.3 is 0 Å². The van der Waals surface area contributed by atoms with Crippen LogP contribution in [0.1, 0.15) is 54.5 Å². The van der Waals surface area contributed by atoms with Crippen LogP contribution < -0.4 is 5.32 Å². The Balaban J connectivity index is 1.62. The molecule has 1 aromatic carbocycles. The molecule has 1 saturated carbocycles. The van der Waals surface area contributed by atoms with E-state index in [1.54, 1.807) is 6.26 Å². The highest BCUT2D eigenvalue weighted by molar-refractivity contribution is 5.28. The third kappa shape index (κ3) is 2.96. The van der Waals surface area contributed by atoms with Crippen LogP contribution in [-0.4, -0.2) is 7.05 Å². The lowest BCUT2D eigenvalue weighted by molar-refractivity contribution is 0.419. The first kappa shape index (κ1) is 13.4. The standard InChI is InChI=1S/C18H23NO/c1-19-18(12-11-17-6-3-13-20-17)16-9-7-15(8-10-16)14-4-2-5-14/h3,6-10,13-14,18-19H,2,4-5,11-12H2,1H3. The molecule has 1 N–H and O–H groups in total. The van der Waals surface area contributed by atoms with Crippen LogP contribution in [0.4, 0.5) is 0 Å². The molecular weight excluding hydrogens is 246 g/mol. The van der Waals surface area contributed by atoms with Gasteiger partial charge in [-0.15, -0.1) is 0 Å². The zero-order chi connectivity index (χ0) is 13.8. The third-order valence-corrected chi connectivity index (χ3v) is 4.52. The first-order valence-corrected chi connectivity index (χ1v) is 7.66. The smallest absolute Gasteiger partial charge is 0.103 e. The molecule has 2 heteroatoms. The SMILES string of the molecule is CNC(CCc1ccco1)c1ccc(C2CCC2)cc1. The molecule has 3 rings (SSSR count). The molecule has 1 heterocycles. The highest BCUT2D eigenvalue weighted by Crippen LogP contribution is 2.36. The van der Waals surface area contributed by atoms with Crippen molar-refractivity contribution >= 4 is 0 Å². The van der Waals surface area contributed by atoms with Crippen LogP contribution >= 0.6 is 0 Å². The van der Waals surface area contributed by atoms with Gasteiger partial charge in [0.25, 0.3) is 0 Å². The highest BCUT2D eigenvalue weighted by Gasteiger charge is 2.19. The van der Waals surface area contributed by atoms with Crippen LogP contribution in [-0.2, 0) is 6.42 Å². The van der Waals surface area contributed by atoms with Gasteiger partial charge in [-0.25, -0.2) is 0 Å². The minimum absolute atomic E-state index is 0.399. The molecule has 1 aromatic heterocycles. The maximum Gasteiger partial charge on any atom is 0.103 e. The van der Waals surface area contributed by atoms with Gasteiger partial charge in [0.05, 0.1) is 6.26 Å². The van der Waals surface area contributed by atoms with E-state index in [0.717, 1.165) is 24.5 Å². The van der Waals surface area contributed by atoms with E-state index in [1.807, 2.05) is 19.2 Å². The van der Waals surface area contributed by atoms with Gasteiger partial charge in [0.15, 0.2) is 0 Å². The predicted molar refractivity (Wildman–Crippen MR) is 81.9 cm³/mol. The van der Waals surface area contributed by atoms with Crippen molar-refractivity contribution in [2.75, 3.05) is 7.05 Å². The number of benzene rings is 1. The van der Waals surface area contributed by atoms with E-state index in [-0.39, 0.29) is 0 Å². The number of rotatable bonds is 6. The zero-order valence-corrected chi connectivity index (χ0v) is 12.1. The molecular formula is C18H23NO. The molecule has 0 aliphatic heterocycles. The van der Waals surface area contributed by atoms with Crippen LogP contribution in [0.25, 0.3) is 0 Å². The average Bonchev–Trinajstić information content (AvgIpc) is 2.92. The van der Waals surface area contributed by atoms with E-state index in [1.165, 1.54) is 30.4 Å². The molecule has 0 spiro atoms. The van der Waals surface area contributed by atoms with Crippen LogP contribution in [0.15, 0.2) is 47.1 Å². The summed E-state index contributed by atoms with van der Waals surface area (Å²) in [6.07, 6.45) is 7.92. The molecule has 2 aromatic rings. The molecule has 1 fully saturated rings. The van der Waals surface area contributed by atoms with Crippen molar-refractivity contribution in [2.24, 2.45) is 0 Å². The van der Waals surface area contributed by atoms with E-state index in [4.69, 9.17) is 4.42 Å². The van der Waals surface area contributed by atoms with Gasteiger partial charge in [-0.1, -0.05) is 30.7 Å². The Morgan fingerprint density at radius 2 is 2.00 bits per heavy atom. The van der Waals surface area contributed by atoms with Gasteiger partial charge in [0, 0.05) is 12.5 Å². The summed E-state index contributed by atoms with van der Waals surface area (Å²) in [5.41, 5.74) is 2.89. The number of furan rings is 1. The van der Waals surface area contributed by atoms with E-state index < -0.39 is 0 Å². The molecule has 2 nitrogen and oxygen atoms in total. The largest absolute Gasteiger partial charge is 0.469 e. The first-order chi connectivity index (χ1) is 9.86. The van der Waals surface area contributed by atoms with Crippen molar-refractivity contribution in [3.05, 3.63) is 59.5 Å². The van der Waals surface area contributed by atoms with E-state index in [0.29, 0.717) is 6.04 Å². The Labute approximate surface area is 121 Å². The lowest BCUT2D eigenvalue weighted by Crippen LogP contribution is -2.17. The van der Waals surface area contributed by atoms with Crippen molar-refractivity contribution in [3.63, 3.8) is 0 Å². The van der Waals surface area contributed by atoms with Gasteiger partial charge < -0.3 is 9.73 Å². The van der Waals surface area contributed by atoms with Crippen molar-refractivity contribution in [2.45, 2.75) is 44.1 Å². The summed E-state index contributed by atoms with van der Waals surface area (Å²) in [4.78, 5) is 0. The quantitative estimate of drug-likeness (QED) is 0.838. The fourth-order valence-corrected chi connectivity index (χ4v) is 2.96. The van der Waals surface area contributed by atoms with Gasteiger partial charge in [-0.2, -0.15) is 0 Å². The maximum absolute atomic E-state index is 5.41. The van der Waals surface area contributed by atoms with Gasteiger partial charge in [-0.3, -0.25) is 0 Å². The second-order valence-corrected chi connectivity index (χ2v) is 5.75. The average molecular weight is 269 g/mol. The molecule has 0 saturated heterocycles. The first-order valence-electron chi connectivity index (χ1n) is 7.66. The molecule has 1 aliphatic carbocycles. The molecule has 0 amide bonds. The Morgan fingerprint density at radius 3 is 2.55 bits per heavy atom. The Bertz CT molecular complexity index is 511. The van der Waals surface area contributed by atoms with Crippen LogP contribution in [0, 0.1) is 0 Å². The summed E-state index contributed by atoms with van der Waals surface area (Å²) >= 11 is 0. The van der Waals surface area contributed by atoms with Gasteiger partial charge in [0.1, 0.15) is 5.76 Å². The maximum atomic E-state index is 5.41. The van der Waals surface area contributed by atoms with Crippen molar-refractivity contribution in [1.82, 2.24) is 5.32 Å². The fourth-order valence-electron chi connectivity index (χ4n) is 2.96. The molecule has 106 valence electrons. The number of hydrogen-bond acceptors (Lipinski definition) is 2. The number of nitrogens with one attached hydrogen (secondary N) is 1. The molecule has 0 bridgehead atoms. The topological polar surface area (TPSA) is 25.2 Å². The molecule has 0 radical (unpaired) electrons. The van der Waals surface area contributed by atoms with Gasteiger partial charge in [0.2, 0.25) is 0 Å². The van der Waals surface area contributed by atoms with Crippen LogP contribution in [0.3, 0.4) is 0 Å². The number of hydrogen-bond donors (Lipinski definition) is 1. The third-order valence-electron chi connectivity index (χ3n) is 4.52. The summed E-state index contributed by atoms with van der Waals surface area (Å²) in [7, 11) is 2.03. The fraction of sp³-hybridized carbons (Fsp3) is 0.444. The minimum atomic E-state index is 0.399. The van der Waals surface area contributed by atoms with Crippen LogP contribution in [0.2, 0.25) is 0 Å². The lowest BCUT2D eigenvalue weighted by atomic mass is 9.80. The lowest BCUT2D eigenvalue weighted by Gasteiger charge is -2.26. The molecule has 1 aliphatic rings. The van der Waals surface area contributed by atoms with Gasteiger partial charge in [-0.05, 0) is 55.5 Å². The highest BCUT2D eigenvalue weighted by atomic mass is 16.3. The number of aryl methyl sites for hydroxylation is 1. The van der Waals surface area contributed by atoms with Crippen molar-refractivity contribution < 1.29 is 4.42 Å². The van der Waals surface area contributed by atoms with Crippen molar-refractivity contribution in [3.8, 4) is 0 Å². The second kappa shape index (κ2) is 6.27. The van der Waals surface area contributed by atoms with Crippen LogP contribution in [0.5, 0.6) is 0 Å². The second-order valence-electron chi connectivity index (χ2n) is 5.75. The minimum Gasteiger partial charge on any atom is -0.469 e. The summed E-state index contributed by atoms with van der Waals surface area (Å²) in [5.74, 6) is 1.89. The Hall–Kier alpha value is -1.54. The Kier molecular flexibility index (Phi) is 4.22. The summed E-state index contributed by atoms with van der Waals surface area (Å²) in [6, 6.07) is 13.6. The normalized spacial score (nSPS) is 16.9. The molecule has 1 atom stereocenters. The summed E-state index contributed by atoms with van der Waals surface area (Å²) in [6.45, 7) is 0. The molecule has 20 heavy (non-hydrogen) atoms. The van der Waals surface area contributed by atoms with E-state index in [9.17, 15) is 0 Å². The summed E-state index contributed by atoms with van der Waals surface area (Å²) in [5, 5.41) is 3.42. The van der Waals surface area contributed by atoms with Crippen molar-refractivity contribution in [1.29, 1.82) is 0 Å². The van der Waals surface area contributed by atoms with E-state index >= 15 is 0 Å². The van der Waals surface area contributed by atoms with E-state index in [2.05, 4.69) is 29.6 Å².